The number of ether oxygens (including phenoxy) is 1. The van der Waals surface area contributed by atoms with Crippen LogP contribution in [0.15, 0.2) is 9.52 Å². The maximum absolute atomic E-state index is 5.44. The monoisotopic (exact) mass is 391 g/mol. The Morgan fingerprint density at radius 1 is 1.18 bits per heavy atom. The molecule has 2 aromatic heterocycles. The molecule has 0 atom stereocenters. The number of nitrogens with zero attached hydrogens (tertiary/aromatic N) is 5. The Kier molecular flexibility index (Phi) is 8.93. The van der Waals surface area contributed by atoms with Crippen molar-refractivity contribution in [1.82, 2.24) is 30.6 Å². The van der Waals surface area contributed by atoms with E-state index in [9.17, 15) is 0 Å². The molecule has 9 nitrogen and oxygen atoms in total. The molecule has 0 aromatic carbocycles. The van der Waals surface area contributed by atoms with Gasteiger partial charge < -0.3 is 24.5 Å². The van der Waals surface area contributed by atoms with Crippen molar-refractivity contribution in [2.75, 3.05) is 19.8 Å². The normalized spacial score (nSPS) is 11.8. The van der Waals surface area contributed by atoms with Gasteiger partial charge in [-0.25, -0.2) is 4.99 Å². The second kappa shape index (κ2) is 11.4. The minimum Gasteiger partial charge on any atom is -0.382 e. The summed E-state index contributed by atoms with van der Waals surface area (Å²) < 4.78 is 12.8. The smallest absolute Gasteiger partial charge is 0.191 e. The Labute approximate surface area is 166 Å². The predicted molar refractivity (Wildman–Crippen MR) is 108 cm³/mol. The molecule has 0 bridgehead atoms. The summed E-state index contributed by atoms with van der Waals surface area (Å²) in [6, 6.07) is 0. The zero-order valence-electron chi connectivity index (χ0n) is 17.7. The highest BCUT2D eigenvalue weighted by Crippen LogP contribution is 2.16. The Morgan fingerprint density at radius 2 is 2.00 bits per heavy atom. The van der Waals surface area contributed by atoms with Crippen LogP contribution < -0.4 is 10.6 Å². The number of guanidine groups is 1. The average molecular weight is 392 g/mol. The van der Waals surface area contributed by atoms with Gasteiger partial charge in [-0.05, 0) is 26.7 Å². The third kappa shape index (κ3) is 6.05. The molecule has 2 rings (SSSR count). The summed E-state index contributed by atoms with van der Waals surface area (Å²) in [5, 5.41) is 19.2. The molecule has 2 aromatic rings. The average Bonchev–Trinajstić information content (AvgIpc) is 3.26. The van der Waals surface area contributed by atoms with Gasteiger partial charge in [-0.1, -0.05) is 19.0 Å². The van der Waals surface area contributed by atoms with E-state index in [1.165, 1.54) is 0 Å². The first-order valence-electron chi connectivity index (χ1n) is 10.0. The Balaban J connectivity index is 2.04. The summed E-state index contributed by atoms with van der Waals surface area (Å²) >= 11 is 0. The Morgan fingerprint density at radius 3 is 2.64 bits per heavy atom. The van der Waals surface area contributed by atoms with Crippen molar-refractivity contribution in [1.29, 1.82) is 0 Å². The molecular formula is C19H33N7O2. The molecule has 0 spiro atoms. The molecule has 0 saturated carbocycles. The first-order valence-corrected chi connectivity index (χ1v) is 10.0. The molecular weight excluding hydrogens is 358 g/mol. The molecule has 0 aliphatic heterocycles. The van der Waals surface area contributed by atoms with Gasteiger partial charge in [-0.15, -0.1) is 10.2 Å². The van der Waals surface area contributed by atoms with Crippen LogP contribution in [0.4, 0.5) is 0 Å². The van der Waals surface area contributed by atoms with E-state index in [2.05, 4.69) is 39.8 Å². The van der Waals surface area contributed by atoms with E-state index >= 15 is 0 Å². The van der Waals surface area contributed by atoms with Crippen LogP contribution in [-0.4, -0.2) is 45.6 Å². The maximum Gasteiger partial charge on any atom is 0.191 e. The lowest BCUT2D eigenvalue weighted by atomic mass is 10.1. The fourth-order valence-electron chi connectivity index (χ4n) is 2.74. The van der Waals surface area contributed by atoms with Gasteiger partial charge in [0.15, 0.2) is 11.8 Å². The van der Waals surface area contributed by atoms with Crippen molar-refractivity contribution in [2.45, 2.75) is 60.0 Å². The van der Waals surface area contributed by atoms with E-state index in [-0.39, 0.29) is 0 Å². The number of rotatable bonds is 11. The second-order valence-corrected chi connectivity index (χ2v) is 6.46. The number of aromatic nitrogens is 4. The Bertz CT molecular complexity index is 730. The summed E-state index contributed by atoms with van der Waals surface area (Å²) in [6.45, 7) is 11.4. The van der Waals surface area contributed by atoms with Crippen molar-refractivity contribution < 1.29 is 9.26 Å². The van der Waals surface area contributed by atoms with E-state index in [1.807, 2.05) is 25.5 Å². The zero-order valence-corrected chi connectivity index (χ0v) is 17.7. The minimum absolute atomic E-state index is 0.522. The fraction of sp³-hybridized carbons (Fsp3) is 0.684. The molecule has 2 N–H and O–H groups in total. The van der Waals surface area contributed by atoms with E-state index in [0.717, 1.165) is 73.6 Å². The largest absolute Gasteiger partial charge is 0.382 e. The van der Waals surface area contributed by atoms with Crippen molar-refractivity contribution in [3.05, 3.63) is 28.7 Å². The molecule has 0 fully saturated rings. The number of hydrogen-bond donors (Lipinski definition) is 2. The molecule has 0 saturated heterocycles. The van der Waals surface area contributed by atoms with Crippen molar-refractivity contribution in [3.8, 4) is 0 Å². The Hall–Kier alpha value is -2.42. The predicted octanol–water partition coefficient (Wildman–Crippen LogP) is 1.90. The topological polar surface area (TPSA) is 102 Å². The van der Waals surface area contributed by atoms with Gasteiger partial charge in [0, 0.05) is 38.8 Å². The fourth-order valence-corrected chi connectivity index (χ4v) is 2.74. The third-order valence-electron chi connectivity index (χ3n) is 4.56. The summed E-state index contributed by atoms with van der Waals surface area (Å²) in [7, 11) is 1.96. The van der Waals surface area contributed by atoms with Crippen LogP contribution in [0.1, 0.15) is 55.9 Å². The highest BCUT2D eigenvalue weighted by atomic mass is 16.5. The van der Waals surface area contributed by atoms with Crippen molar-refractivity contribution >= 4 is 5.96 Å². The van der Waals surface area contributed by atoms with Gasteiger partial charge in [0.05, 0.1) is 18.8 Å². The zero-order chi connectivity index (χ0) is 20.4. The highest BCUT2D eigenvalue weighted by Gasteiger charge is 2.13. The lowest BCUT2D eigenvalue weighted by molar-refractivity contribution is 0.145. The lowest BCUT2D eigenvalue weighted by Gasteiger charge is -2.13. The maximum atomic E-state index is 5.44. The number of aryl methyl sites for hydroxylation is 3. The van der Waals surface area contributed by atoms with Crippen LogP contribution in [0.25, 0.3) is 0 Å². The molecule has 0 aliphatic rings. The van der Waals surface area contributed by atoms with E-state index in [4.69, 9.17) is 14.3 Å². The van der Waals surface area contributed by atoms with E-state index in [0.29, 0.717) is 13.1 Å². The van der Waals surface area contributed by atoms with E-state index in [1.54, 1.807) is 0 Å². The van der Waals surface area contributed by atoms with Crippen LogP contribution in [0.2, 0.25) is 0 Å². The molecule has 0 amide bonds. The van der Waals surface area contributed by atoms with Gasteiger partial charge in [0.1, 0.15) is 11.6 Å². The molecule has 156 valence electrons. The number of hydrogen-bond acceptors (Lipinski definition) is 6. The standard InChI is InChI=1S/C19H33N7O2/c1-6-16-15(17(7-2)28-25-16)12-21-19(20-10-9-11-27-8-3)22-13-18-24-23-14(4)26(18)5/h6-13H2,1-5H3,(H2,20,21,22). The molecule has 0 aliphatic carbocycles. The second-order valence-electron chi connectivity index (χ2n) is 6.46. The van der Waals surface area contributed by atoms with Gasteiger partial charge in [-0.2, -0.15) is 0 Å². The van der Waals surface area contributed by atoms with Crippen LogP contribution in [0.5, 0.6) is 0 Å². The van der Waals surface area contributed by atoms with Crippen LogP contribution in [-0.2, 0) is 37.7 Å². The third-order valence-corrected chi connectivity index (χ3v) is 4.56. The first kappa shape index (κ1) is 21.9. The molecule has 0 unspecified atom stereocenters. The van der Waals surface area contributed by atoms with Gasteiger partial charge >= 0.3 is 0 Å². The minimum atomic E-state index is 0.522. The summed E-state index contributed by atoms with van der Waals surface area (Å²) in [5.41, 5.74) is 2.05. The van der Waals surface area contributed by atoms with Gasteiger partial charge in [0.25, 0.3) is 0 Å². The highest BCUT2D eigenvalue weighted by molar-refractivity contribution is 5.79. The molecule has 28 heavy (non-hydrogen) atoms. The van der Waals surface area contributed by atoms with Gasteiger partial charge in [-0.3, -0.25) is 0 Å². The molecule has 2 heterocycles. The summed E-state index contributed by atoms with van der Waals surface area (Å²) in [5.74, 6) is 3.36. The first-order chi connectivity index (χ1) is 13.6. The molecule has 9 heteroatoms. The van der Waals surface area contributed by atoms with Crippen LogP contribution >= 0.6 is 0 Å². The number of nitrogens with one attached hydrogen (secondary N) is 2. The SMILES string of the molecule is CCOCCCNC(=NCc1c(CC)noc1CC)NCc1nnc(C)n1C. The van der Waals surface area contributed by atoms with E-state index < -0.39 is 0 Å². The van der Waals surface area contributed by atoms with Crippen LogP contribution in [0, 0.1) is 6.92 Å². The number of aliphatic imine (C=N–C) groups is 1. The summed E-state index contributed by atoms with van der Waals surface area (Å²) in [6.07, 6.45) is 2.54. The lowest BCUT2D eigenvalue weighted by Crippen LogP contribution is -2.38. The van der Waals surface area contributed by atoms with Crippen molar-refractivity contribution in [3.63, 3.8) is 0 Å². The van der Waals surface area contributed by atoms with Gasteiger partial charge in [0.2, 0.25) is 0 Å². The van der Waals surface area contributed by atoms with Crippen LogP contribution in [0.3, 0.4) is 0 Å². The molecule has 0 radical (unpaired) electrons. The summed E-state index contributed by atoms with van der Waals surface area (Å²) in [4.78, 5) is 4.75. The van der Waals surface area contributed by atoms with Crippen molar-refractivity contribution in [2.24, 2.45) is 12.0 Å². The quantitative estimate of drug-likeness (QED) is 0.343.